The molecule has 6 nitrogen and oxygen atoms in total. The van der Waals surface area contributed by atoms with E-state index in [1.54, 1.807) is 0 Å². The van der Waals surface area contributed by atoms with Crippen molar-refractivity contribution in [2.45, 2.75) is 71.4 Å². The van der Waals surface area contributed by atoms with Crippen molar-refractivity contribution in [2.24, 2.45) is 5.92 Å². The zero-order valence-corrected chi connectivity index (χ0v) is 14.9. The number of amides is 2. The Kier molecular flexibility index (Phi) is 7.82. The molecule has 134 valence electrons. The molecule has 23 heavy (non-hydrogen) atoms. The van der Waals surface area contributed by atoms with Gasteiger partial charge in [-0.05, 0) is 52.4 Å². The summed E-state index contributed by atoms with van der Waals surface area (Å²) in [6.07, 6.45) is 3.31. The molecule has 1 aliphatic rings. The number of aliphatic hydroxyl groups excluding tert-OH is 1. The molecule has 0 aromatic heterocycles. The average molecular weight is 328 g/mol. The highest BCUT2D eigenvalue weighted by Gasteiger charge is 2.31. The largest absolute Gasteiger partial charge is 0.444 e. The summed E-state index contributed by atoms with van der Waals surface area (Å²) in [4.78, 5) is 26.0. The zero-order chi connectivity index (χ0) is 17.5. The molecule has 1 saturated heterocycles. The summed E-state index contributed by atoms with van der Waals surface area (Å²) < 4.78 is 5.31. The van der Waals surface area contributed by atoms with Crippen LogP contribution < -0.4 is 5.32 Å². The Balaban J connectivity index is 2.65. The highest BCUT2D eigenvalue weighted by atomic mass is 16.6. The molecule has 0 spiro atoms. The first-order chi connectivity index (χ1) is 10.7. The van der Waals surface area contributed by atoms with Crippen LogP contribution in [-0.2, 0) is 9.53 Å². The number of carbonyl (C=O) groups is 2. The van der Waals surface area contributed by atoms with Crippen LogP contribution in [0.5, 0.6) is 0 Å². The molecule has 1 fully saturated rings. The van der Waals surface area contributed by atoms with Gasteiger partial charge in [0.25, 0.3) is 0 Å². The lowest BCUT2D eigenvalue weighted by molar-refractivity contribution is -0.133. The normalized spacial score (nSPS) is 21.9. The minimum absolute atomic E-state index is 0.0944. The van der Waals surface area contributed by atoms with E-state index in [-0.39, 0.29) is 18.6 Å². The first-order valence-electron chi connectivity index (χ1n) is 8.63. The van der Waals surface area contributed by atoms with Gasteiger partial charge < -0.3 is 20.1 Å². The standard InChI is InChI=1S/C17H32N2O4/c1-5-7-15(21)19-11-13(8-6-9-20)10-14(12-19)18-16(22)23-17(2,3)4/h13-14,20H,5-12H2,1-4H3,(H,18,22). The van der Waals surface area contributed by atoms with Crippen LogP contribution in [0.4, 0.5) is 4.79 Å². The number of rotatable bonds is 6. The highest BCUT2D eigenvalue weighted by molar-refractivity contribution is 5.76. The Morgan fingerprint density at radius 3 is 2.57 bits per heavy atom. The fraction of sp³-hybridized carbons (Fsp3) is 0.882. The SMILES string of the molecule is CCCC(=O)N1CC(CCCO)CC(NC(=O)OC(C)(C)C)C1. The molecule has 2 unspecified atom stereocenters. The monoisotopic (exact) mass is 328 g/mol. The van der Waals surface area contributed by atoms with Gasteiger partial charge >= 0.3 is 6.09 Å². The van der Waals surface area contributed by atoms with Crippen LogP contribution in [0.25, 0.3) is 0 Å². The van der Waals surface area contributed by atoms with E-state index in [2.05, 4.69) is 5.32 Å². The number of ether oxygens (including phenoxy) is 1. The zero-order valence-electron chi connectivity index (χ0n) is 14.9. The molecule has 1 heterocycles. The van der Waals surface area contributed by atoms with Gasteiger partial charge in [0.2, 0.25) is 5.91 Å². The lowest BCUT2D eigenvalue weighted by Crippen LogP contribution is -2.53. The quantitative estimate of drug-likeness (QED) is 0.784. The van der Waals surface area contributed by atoms with E-state index in [0.717, 1.165) is 25.7 Å². The molecule has 0 saturated carbocycles. The molecule has 6 heteroatoms. The van der Waals surface area contributed by atoms with Crippen LogP contribution in [0.3, 0.4) is 0 Å². The van der Waals surface area contributed by atoms with E-state index in [9.17, 15) is 9.59 Å². The minimum atomic E-state index is -0.535. The molecule has 0 aromatic carbocycles. The second-order valence-electron chi connectivity index (χ2n) is 7.36. The van der Waals surface area contributed by atoms with E-state index in [0.29, 0.717) is 25.4 Å². The molecule has 0 radical (unpaired) electrons. The summed E-state index contributed by atoms with van der Waals surface area (Å²) in [6.45, 7) is 8.88. The lowest BCUT2D eigenvalue weighted by Gasteiger charge is -2.38. The molecule has 2 atom stereocenters. The van der Waals surface area contributed by atoms with Gasteiger partial charge in [-0.3, -0.25) is 4.79 Å². The van der Waals surface area contributed by atoms with E-state index in [1.165, 1.54) is 0 Å². The van der Waals surface area contributed by atoms with E-state index < -0.39 is 11.7 Å². The molecule has 1 aliphatic heterocycles. The van der Waals surface area contributed by atoms with Crippen molar-refractivity contribution in [1.82, 2.24) is 10.2 Å². The van der Waals surface area contributed by atoms with Crippen molar-refractivity contribution in [2.75, 3.05) is 19.7 Å². The molecule has 0 aliphatic carbocycles. The number of carbonyl (C=O) groups excluding carboxylic acids is 2. The van der Waals surface area contributed by atoms with E-state index in [4.69, 9.17) is 9.84 Å². The number of hydrogen-bond donors (Lipinski definition) is 2. The Labute approximate surface area is 139 Å². The van der Waals surface area contributed by atoms with Crippen molar-refractivity contribution < 1.29 is 19.4 Å². The van der Waals surface area contributed by atoms with E-state index in [1.807, 2.05) is 32.6 Å². The topological polar surface area (TPSA) is 78.9 Å². The first-order valence-corrected chi connectivity index (χ1v) is 8.63. The predicted octanol–water partition coefficient (Wildman–Crippen LogP) is 2.30. The van der Waals surface area contributed by atoms with Crippen LogP contribution in [0.15, 0.2) is 0 Å². The van der Waals surface area contributed by atoms with Crippen molar-refractivity contribution >= 4 is 12.0 Å². The number of piperidine rings is 1. The van der Waals surface area contributed by atoms with Gasteiger partial charge in [0.1, 0.15) is 5.60 Å². The summed E-state index contributed by atoms with van der Waals surface area (Å²) >= 11 is 0. The van der Waals surface area contributed by atoms with E-state index >= 15 is 0 Å². The van der Waals surface area contributed by atoms with Crippen LogP contribution >= 0.6 is 0 Å². The Bertz CT molecular complexity index is 393. The maximum atomic E-state index is 12.2. The summed E-state index contributed by atoms with van der Waals surface area (Å²) in [7, 11) is 0. The first kappa shape index (κ1) is 19.7. The van der Waals surface area contributed by atoms with Gasteiger partial charge in [-0.2, -0.15) is 0 Å². The Hall–Kier alpha value is -1.30. The van der Waals surface area contributed by atoms with Crippen molar-refractivity contribution in [3.8, 4) is 0 Å². The summed E-state index contributed by atoms with van der Waals surface area (Å²) in [5.74, 6) is 0.439. The maximum absolute atomic E-state index is 12.2. The number of hydrogen-bond acceptors (Lipinski definition) is 4. The lowest BCUT2D eigenvalue weighted by atomic mass is 9.90. The van der Waals surface area contributed by atoms with Gasteiger partial charge in [0, 0.05) is 26.1 Å². The van der Waals surface area contributed by atoms with Crippen molar-refractivity contribution in [3.05, 3.63) is 0 Å². The number of aliphatic hydroxyl groups is 1. The smallest absolute Gasteiger partial charge is 0.407 e. The fourth-order valence-corrected chi connectivity index (χ4v) is 2.95. The van der Waals surface area contributed by atoms with Gasteiger partial charge in [0.15, 0.2) is 0 Å². The molecule has 1 rings (SSSR count). The minimum Gasteiger partial charge on any atom is -0.444 e. The maximum Gasteiger partial charge on any atom is 0.407 e. The summed E-state index contributed by atoms with van der Waals surface area (Å²) in [6, 6.07) is -0.0944. The fourth-order valence-electron chi connectivity index (χ4n) is 2.95. The molecule has 0 bridgehead atoms. The highest BCUT2D eigenvalue weighted by Crippen LogP contribution is 2.22. The number of likely N-dealkylation sites (tertiary alicyclic amines) is 1. The Morgan fingerprint density at radius 1 is 1.30 bits per heavy atom. The second-order valence-corrected chi connectivity index (χ2v) is 7.36. The average Bonchev–Trinajstić information content (AvgIpc) is 2.43. The molecular weight excluding hydrogens is 296 g/mol. The van der Waals surface area contributed by atoms with Crippen molar-refractivity contribution in [3.63, 3.8) is 0 Å². The van der Waals surface area contributed by atoms with Gasteiger partial charge in [-0.15, -0.1) is 0 Å². The van der Waals surface area contributed by atoms with Gasteiger partial charge in [-0.25, -0.2) is 4.79 Å². The second kappa shape index (κ2) is 9.11. The van der Waals surface area contributed by atoms with Gasteiger partial charge in [-0.1, -0.05) is 6.92 Å². The number of nitrogens with one attached hydrogen (secondary N) is 1. The van der Waals surface area contributed by atoms with Crippen molar-refractivity contribution in [1.29, 1.82) is 0 Å². The molecule has 0 aromatic rings. The molecular formula is C17H32N2O4. The Morgan fingerprint density at radius 2 is 2.00 bits per heavy atom. The van der Waals surface area contributed by atoms with Crippen LogP contribution in [0.1, 0.15) is 59.8 Å². The third-order valence-electron chi connectivity index (χ3n) is 3.85. The molecule has 2 N–H and O–H groups in total. The third kappa shape index (κ3) is 7.68. The molecule has 2 amide bonds. The predicted molar refractivity (Wildman–Crippen MR) is 89.1 cm³/mol. The van der Waals surface area contributed by atoms with Crippen LogP contribution in [0.2, 0.25) is 0 Å². The van der Waals surface area contributed by atoms with Crippen LogP contribution in [-0.4, -0.2) is 53.3 Å². The summed E-state index contributed by atoms with van der Waals surface area (Å²) in [5, 5.41) is 11.9. The summed E-state index contributed by atoms with van der Waals surface area (Å²) in [5.41, 5.74) is -0.535. The third-order valence-corrected chi connectivity index (χ3v) is 3.85. The number of alkyl carbamates (subject to hydrolysis) is 1. The van der Waals surface area contributed by atoms with Gasteiger partial charge in [0.05, 0.1) is 6.04 Å². The van der Waals surface area contributed by atoms with Crippen LogP contribution in [0, 0.1) is 5.92 Å². The number of nitrogens with zero attached hydrogens (tertiary/aromatic N) is 1.